The molecule has 3 heteroatoms. The third-order valence-electron chi connectivity index (χ3n) is 3.05. The lowest BCUT2D eigenvalue weighted by atomic mass is 10.0. The van der Waals surface area contributed by atoms with Crippen molar-refractivity contribution in [1.29, 1.82) is 0 Å². The van der Waals surface area contributed by atoms with Crippen molar-refractivity contribution in [3.63, 3.8) is 0 Å². The van der Waals surface area contributed by atoms with E-state index in [1.165, 1.54) is 6.07 Å². The van der Waals surface area contributed by atoms with Crippen LogP contribution in [0.25, 0.3) is 0 Å². The van der Waals surface area contributed by atoms with E-state index in [0.29, 0.717) is 16.8 Å². The zero-order chi connectivity index (χ0) is 14.0. The molecule has 0 spiro atoms. The Hall–Kier alpha value is -2.16. The second-order valence-electron chi connectivity index (χ2n) is 4.74. The van der Waals surface area contributed by atoms with Crippen LogP contribution in [-0.4, -0.2) is 5.91 Å². The van der Waals surface area contributed by atoms with Crippen molar-refractivity contribution in [3.8, 4) is 0 Å². The third kappa shape index (κ3) is 2.99. The molecule has 98 valence electrons. The van der Waals surface area contributed by atoms with Crippen molar-refractivity contribution < 1.29 is 9.18 Å². The van der Waals surface area contributed by atoms with Gasteiger partial charge in [-0.05, 0) is 56.2 Å². The van der Waals surface area contributed by atoms with Gasteiger partial charge in [-0.2, -0.15) is 0 Å². The van der Waals surface area contributed by atoms with Crippen LogP contribution in [0.1, 0.15) is 27.0 Å². The molecule has 0 heterocycles. The van der Waals surface area contributed by atoms with Crippen LogP contribution < -0.4 is 5.32 Å². The number of benzene rings is 2. The maximum Gasteiger partial charge on any atom is 0.255 e. The lowest BCUT2D eigenvalue weighted by Gasteiger charge is -2.09. The number of rotatable bonds is 2. The predicted molar refractivity (Wildman–Crippen MR) is 75.0 cm³/mol. The first-order valence-corrected chi connectivity index (χ1v) is 6.12. The molecule has 0 saturated heterocycles. The second-order valence-corrected chi connectivity index (χ2v) is 4.74. The van der Waals surface area contributed by atoms with Crippen LogP contribution in [0.2, 0.25) is 0 Å². The van der Waals surface area contributed by atoms with Gasteiger partial charge in [-0.3, -0.25) is 4.79 Å². The molecule has 1 amide bonds. The zero-order valence-electron chi connectivity index (χ0n) is 11.3. The lowest BCUT2D eigenvalue weighted by Crippen LogP contribution is -2.13. The van der Waals surface area contributed by atoms with E-state index in [1.807, 2.05) is 32.0 Å². The van der Waals surface area contributed by atoms with Gasteiger partial charge in [0, 0.05) is 11.3 Å². The summed E-state index contributed by atoms with van der Waals surface area (Å²) >= 11 is 0. The minimum atomic E-state index is -0.273. The van der Waals surface area contributed by atoms with Crippen LogP contribution in [0.15, 0.2) is 36.4 Å². The number of hydrogen-bond acceptors (Lipinski definition) is 1. The fourth-order valence-electron chi connectivity index (χ4n) is 1.90. The fourth-order valence-corrected chi connectivity index (χ4v) is 1.90. The van der Waals surface area contributed by atoms with Crippen molar-refractivity contribution in [1.82, 2.24) is 0 Å². The highest BCUT2D eigenvalue weighted by atomic mass is 19.1. The van der Waals surface area contributed by atoms with E-state index in [2.05, 4.69) is 5.32 Å². The summed E-state index contributed by atoms with van der Waals surface area (Å²) in [4.78, 5) is 12.2. The van der Waals surface area contributed by atoms with Crippen LogP contribution in [0, 0.1) is 26.6 Å². The van der Waals surface area contributed by atoms with E-state index < -0.39 is 0 Å². The van der Waals surface area contributed by atoms with Crippen LogP contribution in [0.5, 0.6) is 0 Å². The van der Waals surface area contributed by atoms with Gasteiger partial charge >= 0.3 is 0 Å². The van der Waals surface area contributed by atoms with Crippen molar-refractivity contribution in [3.05, 3.63) is 64.5 Å². The SMILES string of the molecule is Cc1ccc(C)c(C(=O)Nc2ccc(F)c(C)c2)c1. The molecule has 0 fully saturated rings. The van der Waals surface area contributed by atoms with E-state index in [1.54, 1.807) is 19.1 Å². The van der Waals surface area contributed by atoms with Crippen LogP contribution >= 0.6 is 0 Å². The fraction of sp³-hybridized carbons (Fsp3) is 0.188. The van der Waals surface area contributed by atoms with Crippen molar-refractivity contribution >= 4 is 11.6 Å². The molecule has 0 atom stereocenters. The largest absolute Gasteiger partial charge is 0.322 e. The Kier molecular flexibility index (Phi) is 3.65. The Morgan fingerprint density at radius 2 is 1.74 bits per heavy atom. The van der Waals surface area contributed by atoms with E-state index in [0.717, 1.165) is 11.1 Å². The molecule has 0 aliphatic heterocycles. The smallest absolute Gasteiger partial charge is 0.255 e. The molecule has 0 aliphatic rings. The average Bonchev–Trinajstić information content (AvgIpc) is 2.36. The monoisotopic (exact) mass is 257 g/mol. The Bertz CT molecular complexity index is 635. The number of aryl methyl sites for hydroxylation is 3. The number of amides is 1. The van der Waals surface area contributed by atoms with Gasteiger partial charge in [-0.25, -0.2) is 4.39 Å². The first-order chi connectivity index (χ1) is 8.97. The summed E-state index contributed by atoms with van der Waals surface area (Å²) in [6, 6.07) is 10.3. The summed E-state index contributed by atoms with van der Waals surface area (Å²) in [6.07, 6.45) is 0. The molecule has 0 bridgehead atoms. The molecular weight excluding hydrogens is 241 g/mol. The van der Waals surface area contributed by atoms with E-state index in [9.17, 15) is 9.18 Å². The average molecular weight is 257 g/mol. The Morgan fingerprint density at radius 1 is 1.00 bits per heavy atom. The number of nitrogens with one attached hydrogen (secondary N) is 1. The van der Waals surface area contributed by atoms with Crippen molar-refractivity contribution in [2.45, 2.75) is 20.8 Å². The number of hydrogen-bond donors (Lipinski definition) is 1. The minimum absolute atomic E-state index is 0.174. The zero-order valence-corrected chi connectivity index (χ0v) is 11.3. The molecule has 2 nitrogen and oxygen atoms in total. The van der Waals surface area contributed by atoms with Gasteiger partial charge in [0.2, 0.25) is 0 Å². The van der Waals surface area contributed by atoms with Gasteiger partial charge in [0.25, 0.3) is 5.91 Å². The van der Waals surface area contributed by atoms with Gasteiger partial charge < -0.3 is 5.32 Å². The van der Waals surface area contributed by atoms with Crippen LogP contribution in [0.3, 0.4) is 0 Å². The molecule has 2 rings (SSSR count). The Balaban J connectivity index is 2.25. The number of anilines is 1. The maximum absolute atomic E-state index is 13.2. The highest BCUT2D eigenvalue weighted by Crippen LogP contribution is 2.16. The summed E-state index contributed by atoms with van der Waals surface area (Å²) in [7, 11) is 0. The van der Waals surface area contributed by atoms with E-state index in [4.69, 9.17) is 0 Å². The predicted octanol–water partition coefficient (Wildman–Crippen LogP) is 4.00. The second kappa shape index (κ2) is 5.22. The Labute approximate surface area is 112 Å². The highest BCUT2D eigenvalue weighted by Gasteiger charge is 2.10. The molecule has 0 saturated carbocycles. The molecule has 2 aromatic rings. The lowest BCUT2D eigenvalue weighted by molar-refractivity contribution is 0.102. The summed E-state index contributed by atoms with van der Waals surface area (Å²) in [5.41, 5.74) is 3.71. The standard InChI is InChI=1S/C16H16FNO/c1-10-4-5-11(2)14(8-10)16(19)18-13-6-7-15(17)12(3)9-13/h4-9H,1-3H3,(H,18,19). The summed E-state index contributed by atoms with van der Waals surface area (Å²) in [6.45, 7) is 5.51. The third-order valence-corrected chi connectivity index (χ3v) is 3.05. The van der Waals surface area contributed by atoms with Gasteiger partial charge in [0.05, 0.1) is 0 Å². The summed E-state index contributed by atoms with van der Waals surface area (Å²) < 4.78 is 13.2. The van der Waals surface area contributed by atoms with Gasteiger partial charge in [0.1, 0.15) is 5.82 Å². The van der Waals surface area contributed by atoms with Crippen LogP contribution in [-0.2, 0) is 0 Å². The van der Waals surface area contributed by atoms with E-state index >= 15 is 0 Å². The summed E-state index contributed by atoms with van der Waals surface area (Å²) in [5.74, 6) is -0.447. The minimum Gasteiger partial charge on any atom is -0.322 e. The molecule has 19 heavy (non-hydrogen) atoms. The topological polar surface area (TPSA) is 29.1 Å². The molecule has 0 unspecified atom stereocenters. The quantitative estimate of drug-likeness (QED) is 0.865. The molecule has 0 aliphatic carbocycles. The molecular formula is C16H16FNO. The highest BCUT2D eigenvalue weighted by molar-refractivity contribution is 6.05. The molecule has 2 aromatic carbocycles. The van der Waals surface area contributed by atoms with Crippen LogP contribution in [0.4, 0.5) is 10.1 Å². The molecule has 0 radical (unpaired) electrons. The van der Waals surface area contributed by atoms with Gasteiger partial charge in [0.15, 0.2) is 0 Å². The maximum atomic E-state index is 13.2. The normalized spacial score (nSPS) is 10.3. The first-order valence-electron chi connectivity index (χ1n) is 6.12. The van der Waals surface area contributed by atoms with Gasteiger partial charge in [-0.1, -0.05) is 17.7 Å². The molecule has 0 aromatic heterocycles. The number of halogens is 1. The van der Waals surface area contributed by atoms with E-state index in [-0.39, 0.29) is 11.7 Å². The number of carbonyl (C=O) groups excluding carboxylic acids is 1. The van der Waals surface area contributed by atoms with Crippen molar-refractivity contribution in [2.24, 2.45) is 0 Å². The molecule has 1 N–H and O–H groups in total. The Morgan fingerprint density at radius 3 is 2.42 bits per heavy atom. The number of carbonyl (C=O) groups is 1. The first kappa shape index (κ1) is 13.3. The van der Waals surface area contributed by atoms with Gasteiger partial charge in [-0.15, -0.1) is 0 Å². The summed E-state index contributed by atoms with van der Waals surface area (Å²) in [5, 5.41) is 2.79. The van der Waals surface area contributed by atoms with Crippen molar-refractivity contribution in [2.75, 3.05) is 5.32 Å².